The third kappa shape index (κ3) is 2.45. The van der Waals surface area contributed by atoms with Crippen molar-refractivity contribution in [2.45, 2.75) is 20.0 Å². The number of hydrogen-bond acceptors (Lipinski definition) is 4. The molecule has 1 fully saturated rings. The Kier molecular flexibility index (Phi) is 3.19. The summed E-state index contributed by atoms with van der Waals surface area (Å²) in [6.45, 7) is 5.39. The van der Waals surface area contributed by atoms with Crippen LogP contribution in [0.2, 0.25) is 0 Å². The number of aryl methyl sites for hydroxylation is 2. The summed E-state index contributed by atoms with van der Waals surface area (Å²) in [6.07, 6.45) is 0.119. The highest BCUT2D eigenvalue weighted by atomic mass is 32.1. The van der Waals surface area contributed by atoms with Gasteiger partial charge in [-0.3, -0.25) is 4.79 Å². The van der Waals surface area contributed by atoms with Gasteiger partial charge < -0.3 is 9.47 Å². The normalized spacial score (nSPS) is 16.4. The quantitative estimate of drug-likeness (QED) is 0.736. The predicted octanol–water partition coefficient (Wildman–Crippen LogP) is 1.96. The number of carbonyl (C=O) groups excluding carboxylic acids is 1. The van der Waals surface area contributed by atoms with E-state index in [0.29, 0.717) is 13.2 Å². The van der Waals surface area contributed by atoms with E-state index < -0.39 is 0 Å². The minimum absolute atomic E-state index is 0.0729. The molecule has 0 spiro atoms. The van der Waals surface area contributed by atoms with E-state index >= 15 is 0 Å². The van der Waals surface area contributed by atoms with Crippen molar-refractivity contribution in [2.24, 2.45) is 0 Å². The van der Waals surface area contributed by atoms with Gasteiger partial charge in [-0.2, -0.15) is 0 Å². The Morgan fingerprint density at radius 2 is 2.33 bits per heavy atom. The molecule has 1 saturated heterocycles. The fraction of sp³-hybridized carbons (Fsp3) is 0.545. The first-order valence-corrected chi connectivity index (χ1v) is 5.78. The molecule has 2 rings (SSSR count). The molecule has 0 aromatic carbocycles. The van der Waals surface area contributed by atoms with E-state index in [-0.39, 0.29) is 18.5 Å². The van der Waals surface area contributed by atoms with Gasteiger partial charge in [0, 0.05) is 15.3 Å². The lowest BCUT2D eigenvalue weighted by Gasteiger charge is -2.25. The van der Waals surface area contributed by atoms with Crippen molar-refractivity contribution in [3.8, 4) is 0 Å². The molecule has 0 unspecified atom stereocenters. The van der Waals surface area contributed by atoms with E-state index in [1.54, 1.807) is 11.3 Å². The molecular formula is C11H14O3S. The molecule has 1 aliphatic heterocycles. The van der Waals surface area contributed by atoms with E-state index in [9.17, 15) is 4.79 Å². The van der Waals surface area contributed by atoms with Gasteiger partial charge >= 0.3 is 0 Å². The summed E-state index contributed by atoms with van der Waals surface area (Å²) in [5.74, 6) is 0.0729. The summed E-state index contributed by atoms with van der Waals surface area (Å²) in [7, 11) is 0. The van der Waals surface area contributed by atoms with Crippen molar-refractivity contribution in [3.05, 3.63) is 21.4 Å². The second-order valence-corrected chi connectivity index (χ2v) is 5.18. The molecule has 82 valence electrons. The van der Waals surface area contributed by atoms with Crippen LogP contribution in [0.5, 0.6) is 0 Å². The van der Waals surface area contributed by atoms with E-state index in [1.807, 2.05) is 19.9 Å². The van der Waals surface area contributed by atoms with Crippen molar-refractivity contribution in [2.75, 3.05) is 19.8 Å². The summed E-state index contributed by atoms with van der Waals surface area (Å²) in [4.78, 5) is 14.0. The number of Topliss-reactive ketones (excluding diaryl/α,β-unsaturated/α-hetero) is 1. The topological polar surface area (TPSA) is 35.5 Å². The lowest BCUT2D eigenvalue weighted by molar-refractivity contribution is -0.123. The zero-order chi connectivity index (χ0) is 10.8. The highest BCUT2D eigenvalue weighted by Crippen LogP contribution is 2.21. The first-order valence-electron chi connectivity index (χ1n) is 4.96. The van der Waals surface area contributed by atoms with Gasteiger partial charge in [-0.15, -0.1) is 11.3 Å². The van der Waals surface area contributed by atoms with Crippen LogP contribution in [0.25, 0.3) is 0 Å². The largest absolute Gasteiger partial charge is 0.376 e. The van der Waals surface area contributed by atoms with Gasteiger partial charge in [0.05, 0.1) is 13.2 Å². The molecule has 0 amide bonds. The Morgan fingerprint density at radius 1 is 1.60 bits per heavy atom. The predicted molar refractivity (Wildman–Crippen MR) is 58.7 cm³/mol. The Bertz CT molecular complexity index is 366. The van der Waals surface area contributed by atoms with Crippen LogP contribution >= 0.6 is 11.3 Å². The number of ketones is 1. The second-order valence-electron chi connectivity index (χ2n) is 3.72. The molecule has 4 heteroatoms. The van der Waals surface area contributed by atoms with E-state index in [4.69, 9.17) is 9.47 Å². The summed E-state index contributed by atoms with van der Waals surface area (Å²) in [5.41, 5.74) is 0.803. The standard InChI is InChI=1S/C11H14O3S/c1-7-3-10(8(2)15-7)11(12)6-14-9-4-13-5-9/h3,9H,4-6H2,1-2H3. The first-order chi connectivity index (χ1) is 7.16. The third-order valence-electron chi connectivity index (χ3n) is 2.40. The molecule has 0 bridgehead atoms. The van der Waals surface area contributed by atoms with Gasteiger partial charge in [-0.1, -0.05) is 0 Å². The molecule has 0 N–H and O–H groups in total. The molecule has 0 atom stereocenters. The molecule has 0 aliphatic carbocycles. The Hall–Kier alpha value is -0.710. The number of ether oxygens (including phenoxy) is 2. The fourth-order valence-corrected chi connectivity index (χ4v) is 2.43. The minimum atomic E-state index is 0.0729. The number of rotatable bonds is 4. The van der Waals surface area contributed by atoms with Crippen LogP contribution in [-0.2, 0) is 9.47 Å². The molecule has 1 aromatic heterocycles. The van der Waals surface area contributed by atoms with E-state index in [1.165, 1.54) is 4.88 Å². The molecule has 0 saturated carbocycles. The maximum atomic E-state index is 11.8. The van der Waals surface area contributed by atoms with Gasteiger partial charge in [0.15, 0.2) is 5.78 Å². The average molecular weight is 226 g/mol. The van der Waals surface area contributed by atoms with Crippen LogP contribution in [0, 0.1) is 13.8 Å². The highest BCUT2D eigenvalue weighted by molar-refractivity contribution is 7.12. The molecule has 1 aromatic rings. The lowest BCUT2D eigenvalue weighted by Crippen LogP contribution is -2.37. The molecule has 2 heterocycles. The SMILES string of the molecule is Cc1cc(C(=O)COC2COC2)c(C)s1. The van der Waals surface area contributed by atoms with Gasteiger partial charge in [0.25, 0.3) is 0 Å². The second kappa shape index (κ2) is 4.43. The van der Waals surface area contributed by atoms with Crippen LogP contribution in [-0.4, -0.2) is 31.7 Å². The van der Waals surface area contributed by atoms with Crippen molar-refractivity contribution >= 4 is 17.1 Å². The highest BCUT2D eigenvalue weighted by Gasteiger charge is 2.21. The molecule has 0 radical (unpaired) electrons. The first kappa shape index (κ1) is 10.8. The maximum Gasteiger partial charge on any atom is 0.189 e. The smallest absolute Gasteiger partial charge is 0.189 e. The van der Waals surface area contributed by atoms with Crippen molar-refractivity contribution in [1.82, 2.24) is 0 Å². The van der Waals surface area contributed by atoms with Crippen molar-refractivity contribution in [3.63, 3.8) is 0 Å². The molecule has 15 heavy (non-hydrogen) atoms. The average Bonchev–Trinajstić information content (AvgIpc) is 2.42. The van der Waals surface area contributed by atoms with E-state index in [0.717, 1.165) is 10.4 Å². The molecular weight excluding hydrogens is 212 g/mol. The van der Waals surface area contributed by atoms with Crippen LogP contribution < -0.4 is 0 Å². The van der Waals surface area contributed by atoms with Crippen LogP contribution in [0.4, 0.5) is 0 Å². The molecule has 3 nitrogen and oxygen atoms in total. The fourth-order valence-electron chi connectivity index (χ4n) is 1.49. The minimum Gasteiger partial charge on any atom is -0.376 e. The van der Waals surface area contributed by atoms with Gasteiger partial charge in [0.2, 0.25) is 0 Å². The zero-order valence-electron chi connectivity index (χ0n) is 8.91. The van der Waals surface area contributed by atoms with E-state index in [2.05, 4.69) is 0 Å². The lowest BCUT2D eigenvalue weighted by atomic mass is 10.2. The monoisotopic (exact) mass is 226 g/mol. The Labute approximate surface area is 93.0 Å². The summed E-state index contributed by atoms with van der Waals surface area (Å²) in [5, 5.41) is 0. The number of carbonyl (C=O) groups is 1. The molecule has 1 aliphatic rings. The van der Waals surface area contributed by atoms with Gasteiger partial charge in [-0.25, -0.2) is 0 Å². The number of thiophene rings is 1. The van der Waals surface area contributed by atoms with Crippen molar-refractivity contribution < 1.29 is 14.3 Å². The zero-order valence-corrected chi connectivity index (χ0v) is 9.73. The Morgan fingerprint density at radius 3 is 2.80 bits per heavy atom. The summed E-state index contributed by atoms with van der Waals surface area (Å²) >= 11 is 1.65. The van der Waals surface area contributed by atoms with Crippen LogP contribution in [0.1, 0.15) is 20.1 Å². The van der Waals surface area contributed by atoms with Crippen LogP contribution in [0.15, 0.2) is 6.07 Å². The van der Waals surface area contributed by atoms with Gasteiger partial charge in [-0.05, 0) is 19.9 Å². The van der Waals surface area contributed by atoms with Crippen molar-refractivity contribution in [1.29, 1.82) is 0 Å². The summed E-state index contributed by atoms with van der Waals surface area (Å²) < 4.78 is 10.4. The maximum absolute atomic E-state index is 11.8. The number of hydrogen-bond donors (Lipinski definition) is 0. The van der Waals surface area contributed by atoms with Gasteiger partial charge in [0.1, 0.15) is 12.7 Å². The summed E-state index contributed by atoms with van der Waals surface area (Å²) in [6, 6.07) is 1.93. The van der Waals surface area contributed by atoms with Crippen LogP contribution in [0.3, 0.4) is 0 Å². The Balaban J connectivity index is 1.92. The third-order valence-corrected chi connectivity index (χ3v) is 3.36.